The van der Waals surface area contributed by atoms with Crippen LogP contribution in [0.3, 0.4) is 0 Å². The number of amides is 1. The molecular formula is C9H12N2OS2. The van der Waals surface area contributed by atoms with Crippen molar-refractivity contribution in [3.05, 3.63) is 24.4 Å². The maximum Gasteiger partial charge on any atom is 0.210 e. The second-order valence-corrected chi connectivity index (χ2v) is 4.79. The molecule has 0 spiro atoms. The lowest BCUT2D eigenvalue weighted by Crippen LogP contribution is -2.19. The van der Waals surface area contributed by atoms with Gasteiger partial charge in [0.05, 0.1) is 5.88 Å². The molecule has 0 saturated heterocycles. The minimum absolute atomic E-state index is 0.696. The van der Waals surface area contributed by atoms with Crippen LogP contribution in [-0.2, 0) is 4.79 Å². The van der Waals surface area contributed by atoms with E-state index in [0.29, 0.717) is 5.88 Å². The molecule has 0 fully saturated rings. The second-order valence-electron chi connectivity index (χ2n) is 2.51. The first-order valence-electron chi connectivity index (χ1n) is 4.26. The number of hydrogen-bond acceptors (Lipinski definition) is 4. The molecule has 1 rings (SSSR count). The molecule has 0 aliphatic carbocycles. The molecule has 0 bridgehead atoms. The fraction of sp³-hybridized carbons (Fsp3) is 0.333. The first-order valence-corrected chi connectivity index (χ1v) is 6.58. The molecule has 14 heavy (non-hydrogen) atoms. The van der Waals surface area contributed by atoms with Crippen molar-refractivity contribution in [2.75, 3.05) is 12.4 Å². The van der Waals surface area contributed by atoms with Crippen molar-refractivity contribution >= 4 is 28.0 Å². The van der Waals surface area contributed by atoms with Crippen LogP contribution in [0.2, 0.25) is 0 Å². The summed E-state index contributed by atoms with van der Waals surface area (Å²) >= 11 is 0. The molecule has 0 radical (unpaired) electrons. The molecule has 1 heterocycles. The zero-order valence-corrected chi connectivity index (χ0v) is 9.55. The summed E-state index contributed by atoms with van der Waals surface area (Å²) in [4.78, 5) is 16.3. The summed E-state index contributed by atoms with van der Waals surface area (Å²) in [5.41, 5.74) is 0. The Balaban J connectivity index is 2.25. The van der Waals surface area contributed by atoms with Gasteiger partial charge in [-0.15, -0.1) is 0 Å². The van der Waals surface area contributed by atoms with Gasteiger partial charge in [-0.2, -0.15) is 0 Å². The molecule has 3 nitrogen and oxygen atoms in total. The van der Waals surface area contributed by atoms with Gasteiger partial charge in [0, 0.05) is 12.7 Å². The van der Waals surface area contributed by atoms with E-state index in [2.05, 4.69) is 4.98 Å². The Hall–Kier alpha value is -0.680. The van der Waals surface area contributed by atoms with Crippen molar-refractivity contribution in [2.24, 2.45) is 0 Å². The SMILES string of the molecule is CCN(C=O)CSSc1ccccn1. The van der Waals surface area contributed by atoms with Gasteiger partial charge in [0.15, 0.2) is 0 Å². The average molecular weight is 228 g/mol. The van der Waals surface area contributed by atoms with Crippen molar-refractivity contribution in [3.63, 3.8) is 0 Å². The Labute approximate surface area is 91.7 Å². The third-order valence-electron chi connectivity index (χ3n) is 1.56. The number of pyridine rings is 1. The van der Waals surface area contributed by atoms with Crippen LogP contribution in [0.15, 0.2) is 29.4 Å². The molecule has 0 unspecified atom stereocenters. The standard InChI is InChI=1S/C9H12N2OS2/c1-2-11(7-12)8-13-14-9-5-3-4-6-10-9/h3-7H,2,8H2,1H3. The van der Waals surface area contributed by atoms with E-state index in [9.17, 15) is 4.79 Å². The largest absolute Gasteiger partial charge is 0.335 e. The summed E-state index contributed by atoms with van der Waals surface area (Å²) in [7, 11) is 3.20. The minimum atomic E-state index is 0.696. The van der Waals surface area contributed by atoms with Gasteiger partial charge in [-0.1, -0.05) is 16.9 Å². The van der Waals surface area contributed by atoms with Gasteiger partial charge in [0.1, 0.15) is 5.03 Å². The molecular weight excluding hydrogens is 216 g/mol. The number of hydrogen-bond donors (Lipinski definition) is 0. The lowest BCUT2D eigenvalue weighted by atomic mass is 10.5. The fourth-order valence-electron chi connectivity index (χ4n) is 0.747. The van der Waals surface area contributed by atoms with Crippen LogP contribution in [0.5, 0.6) is 0 Å². The molecule has 0 saturated carbocycles. The van der Waals surface area contributed by atoms with Gasteiger partial charge in [-0.25, -0.2) is 4.98 Å². The quantitative estimate of drug-likeness (QED) is 0.425. The molecule has 0 aromatic carbocycles. The van der Waals surface area contributed by atoms with Crippen LogP contribution in [0, 0.1) is 0 Å². The van der Waals surface area contributed by atoms with Gasteiger partial charge in [-0.3, -0.25) is 4.79 Å². The maximum atomic E-state index is 10.5. The van der Waals surface area contributed by atoms with E-state index in [4.69, 9.17) is 0 Å². The summed E-state index contributed by atoms with van der Waals surface area (Å²) in [6, 6.07) is 5.79. The highest BCUT2D eigenvalue weighted by Gasteiger charge is 1.99. The molecule has 5 heteroatoms. The number of aromatic nitrogens is 1. The maximum absolute atomic E-state index is 10.5. The van der Waals surface area contributed by atoms with Crippen LogP contribution in [0.25, 0.3) is 0 Å². The lowest BCUT2D eigenvalue weighted by Gasteiger charge is -2.12. The smallest absolute Gasteiger partial charge is 0.210 e. The van der Waals surface area contributed by atoms with Crippen LogP contribution in [0.4, 0.5) is 0 Å². The van der Waals surface area contributed by atoms with Gasteiger partial charge < -0.3 is 4.90 Å². The van der Waals surface area contributed by atoms with Gasteiger partial charge in [0.2, 0.25) is 6.41 Å². The first-order chi connectivity index (χ1) is 6.86. The van der Waals surface area contributed by atoms with Crippen molar-refractivity contribution in [1.82, 2.24) is 9.88 Å². The number of carbonyl (C=O) groups is 1. The van der Waals surface area contributed by atoms with E-state index in [1.807, 2.05) is 25.1 Å². The van der Waals surface area contributed by atoms with Crippen LogP contribution < -0.4 is 0 Å². The molecule has 1 amide bonds. The van der Waals surface area contributed by atoms with Crippen LogP contribution in [0.1, 0.15) is 6.92 Å². The number of nitrogens with zero attached hydrogens (tertiary/aromatic N) is 2. The van der Waals surface area contributed by atoms with Gasteiger partial charge in [-0.05, 0) is 29.9 Å². The highest BCUT2D eigenvalue weighted by Crippen LogP contribution is 2.28. The van der Waals surface area contributed by atoms with Crippen molar-refractivity contribution in [3.8, 4) is 0 Å². The third kappa shape index (κ3) is 4.02. The van der Waals surface area contributed by atoms with E-state index in [1.54, 1.807) is 32.7 Å². The molecule has 0 N–H and O–H groups in total. The number of carbonyl (C=O) groups excluding carboxylic acids is 1. The summed E-state index contributed by atoms with van der Waals surface area (Å²) in [5.74, 6) is 0.696. The Morgan fingerprint density at radius 2 is 2.43 bits per heavy atom. The highest BCUT2D eigenvalue weighted by atomic mass is 33.1. The van der Waals surface area contributed by atoms with Crippen molar-refractivity contribution in [1.29, 1.82) is 0 Å². The fourth-order valence-corrected chi connectivity index (χ4v) is 2.76. The monoisotopic (exact) mass is 228 g/mol. The predicted molar refractivity (Wildman–Crippen MR) is 61.0 cm³/mol. The summed E-state index contributed by atoms with van der Waals surface area (Å²) < 4.78 is 0. The van der Waals surface area contributed by atoms with E-state index in [-0.39, 0.29) is 0 Å². The summed E-state index contributed by atoms with van der Waals surface area (Å²) in [6.07, 6.45) is 2.63. The highest BCUT2D eigenvalue weighted by molar-refractivity contribution is 8.76. The topological polar surface area (TPSA) is 33.2 Å². The molecule has 76 valence electrons. The summed E-state index contributed by atoms with van der Waals surface area (Å²) in [6.45, 7) is 2.71. The predicted octanol–water partition coefficient (Wildman–Crippen LogP) is 2.26. The van der Waals surface area contributed by atoms with Crippen LogP contribution in [-0.4, -0.2) is 28.7 Å². The lowest BCUT2D eigenvalue weighted by molar-refractivity contribution is -0.117. The average Bonchev–Trinajstić information content (AvgIpc) is 2.26. The van der Waals surface area contributed by atoms with Gasteiger partial charge in [0.25, 0.3) is 0 Å². The Bertz CT molecular complexity index is 269. The molecule has 1 aromatic heterocycles. The van der Waals surface area contributed by atoms with Gasteiger partial charge >= 0.3 is 0 Å². The summed E-state index contributed by atoms with van der Waals surface area (Å²) in [5, 5.41) is 0.972. The van der Waals surface area contributed by atoms with Crippen LogP contribution >= 0.6 is 21.6 Å². The van der Waals surface area contributed by atoms with E-state index in [0.717, 1.165) is 18.0 Å². The molecule has 1 aromatic rings. The minimum Gasteiger partial charge on any atom is -0.335 e. The zero-order valence-electron chi connectivity index (χ0n) is 7.92. The normalized spacial score (nSPS) is 9.79. The third-order valence-corrected chi connectivity index (χ3v) is 3.71. The first kappa shape index (κ1) is 11.4. The molecule has 0 aliphatic rings. The van der Waals surface area contributed by atoms with E-state index < -0.39 is 0 Å². The Morgan fingerprint density at radius 3 is 3.00 bits per heavy atom. The van der Waals surface area contributed by atoms with E-state index in [1.165, 1.54) is 0 Å². The molecule has 0 aliphatic heterocycles. The van der Waals surface area contributed by atoms with E-state index >= 15 is 0 Å². The zero-order chi connectivity index (χ0) is 10.2. The van der Waals surface area contributed by atoms with Crippen molar-refractivity contribution in [2.45, 2.75) is 11.9 Å². The Kier molecular flexibility index (Phi) is 5.47. The second kappa shape index (κ2) is 6.73. The molecule has 0 atom stereocenters. The Morgan fingerprint density at radius 1 is 1.57 bits per heavy atom. The van der Waals surface area contributed by atoms with Crippen molar-refractivity contribution < 1.29 is 4.79 Å². The number of rotatable bonds is 6.